The number of halogens is 4. The third-order valence-electron chi connectivity index (χ3n) is 4.74. The highest BCUT2D eigenvalue weighted by molar-refractivity contribution is 6.31. The number of carbonyl (C=O) groups is 1. The molecule has 0 fully saturated rings. The van der Waals surface area contributed by atoms with Crippen molar-refractivity contribution in [1.82, 2.24) is 25.1 Å². The number of nitrogens with one attached hydrogen (secondary N) is 4. The Bertz CT molecular complexity index is 1400. The molecule has 4 N–H and O–H groups in total. The van der Waals surface area contributed by atoms with Crippen LogP contribution in [-0.2, 0) is 19.0 Å². The van der Waals surface area contributed by atoms with Gasteiger partial charge in [-0.2, -0.15) is 13.2 Å². The van der Waals surface area contributed by atoms with Crippen LogP contribution in [0.25, 0.3) is 0 Å². The van der Waals surface area contributed by atoms with E-state index in [1.807, 2.05) is 0 Å². The van der Waals surface area contributed by atoms with Crippen molar-refractivity contribution in [2.75, 3.05) is 10.6 Å². The maximum absolute atomic E-state index is 13.0. The molecule has 35 heavy (non-hydrogen) atoms. The van der Waals surface area contributed by atoms with Crippen LogP contribution in [0.5, 0.6) is 0 Å². The van der Waals surface area contributed by atoms with Crippen LogP contribution in [0.3, 0.4) is 0 Å². The van der Waals surface area contributed by atoms with Gasteiger partial charge in [-0.25, -0.2) is 19.7 Å². The smallest absolute Gasteiger partial charge is 0.308 e. The van der Waals surface area contributed by atoms with Gasteiger partial charge in [0.15, 0.2) is 0 Å². The van der Waals surface area contributed by atoms with Crippen molar-refractivity contribution in [2.45, 2.75) is 19.0 Å². The fourth-order valence-electron chi connectivity index (χ4n) is 3.17. The summed E-state index contributed by atoms with van der Waals surface area (Å²) in [6.07, 6.45) is -0.687. The predicted octanol–water partition coefficient (Wildman–Crippen LogP) is 4.39. The molecule has 0 unspecified atom stereocenters. The molecule has 0 saturated heterocycles. The van der Waals surface area contributed by atoms with Crippen LogP contribution in [-0.4, -0.2) is 31.2 Å². The van der Waals surface area contributed by atoms with Gasteiger partial charge in [-0.1, -0.05) is 17.7 Å². The third kappa shape index (κ3) is 6.44. The zero-order valence-electron chi connectivity index (χ0n) is 17.8. The topological polar surface area (TPSA) is 128 Å². The zero-order chi connectivity index (χ0) is 25.0. The largest absolute Gasteiger partial charge is 0.417 e. The van der Waals surface area contributed by atoms with E-state index in [0.29, 0.717) is 24.4 Å². The van der Waals surface area contributed by atoms with E-state index in [2.05, 4.69) is 35.8 Å². The Balaban J connectivity index is 1.36. The predicted molar refractivity (Wildman–Crippen MR) is 122 cm³/mol. The second-order valence-corrected chi connectivity index (χ2v) is 7.83. The lowest BCUT2D eigenvalue weighted by atomic mass is 10.2. The first-order valence-corrected chi connectivity index (χ1v) is 10.5. The fourth-order valence-corrected chi connectivity index (χ4v) is 3.40. The molecule has 0 aliphatic heterocycles. The Kier molecular flexibility index (Phi) is 6.82. The third-order valence-corrected chi connectivity index (χ3v) is 5.07. The van der Waals surface area contributed by atoms with E-state index in [1.54, 1.807) is 24.4 Å². The van der Waals surface area contributed by atoms with Gasteiger partial charge in [-0.3, -0.25) is 15.2 Å². The van der Waals surface area contributed by atoms with Crippen molar-refractivity contribution in [3.05, 3.63) is 98.6 Å². The van der Waals surface area contributed by atoms with Gasteiger partial charge >= 0.3 is 12.2 Å². The Morgan fingerprint density at radius 2 is 1.83 bits per heavy atom. The highest BCUT2D eigenvalue weighted by atomic mass is 35.5. The summed E-state index contributed by atoms with van der Waals surface area (Å²) in [4.78, 5) is 36.3. The summed E-state index contributed by atoms with van der Waals surface area (Å²) in [5.74, 6) is 0.742. The van der Waals surface area contributed by atoms with Gasteiger partial charge in [0.2, 0.25) is 0 Å². The number of alkyl halides is 3. The number of urea groups is 1. The molecule has 0 saturated carbocycles. The first-order valence-electron chi connectivity index (χ1n) is 10.1. The van der Waals surface area contributed by atoms with Crippen LogP contribution in [0.4, 0.5) is 29.5 Å². The molecule has 0 bridgehead atoms. The van der Waals surface area contributed by atoms with E-state index < -0.39 is 22.8 Å². The molecule has 180 valence electrons. The number of H-pyrrole nitrogens is 2. The molecular weight excluding hydrogens is 487 g/mol. The van der Waals surface area contributed by atoms with Crippen LogP contribution >= 0.6 is 11.6 Å². The zero-order valence-corrected chi connectivity index (χ0v) is 18.5. The van der Waals surface area contributed by atoms with E-state index in [-0.39, 0.29) is 17.1 Å². The SMILES string of the molecule is O=C(Nc1ccc(Cl)c(C(F)(F)F)c1)Nc1ccc(Cc2nccc(Cc3cc(=O)[nH][nH]3)n2)cn1. The number of carbonyl (C=O) groups excluding carboxylic acids is 1. The number of nitrogens with zero attached hydrogens (tertiary/aromatic N) is 3. The van der Waals surface area contributed by atoms with Gasteiger partial charge in [0.25, 0.3) is 5.56 Å². The van der Waals surface area contributed by atoms with Crippen molar-refractivity contribution in [3.8, 4) is 0 Å². The average Bonchev–Trinajstić information content (AvgIpc) is 3.20. The minimum atomic E-state index is -4.65. The molecular formula is C22H17ClF3N7O2. The second kappa shape index (κ2) is 9.97. The van der Waals surface area contributed by atoms with Gasteiger partial charge in [-0.05, 0) is 35.9 Å². The van der Waals surface area contributed by atoms with Crippen molar-refractivity contribution in [1.29, 1.82) is 0 Å². The Labute approximate surface area is 200 Å². The minimum Gasteiger partial charge on any atom is -0.308 e. The monoisotopic (exact) mass is 503 g/mol. The minimum absolute atomic E-state index is 0.0726. The maximum atomic E-state index is 13.0. The van der Waals surface area contributed by atoms with Crippen LogP contribution in [0.15, 0.2) is 59.7 Å². The number of amides is 2. The average molecular weight is 504 g/mol. The summed E-state index contributed by atoms with van der Waals surface area (Å²) >= 11 is 5.58. The molecule has 4 rings (SSSR count). The van der Waals surface area contributed by atoms with Crippen LogP contribution < -0.4 is 16.2 Å². The van der Waals surface area contributed by atoms with Gasteiger partial charge in [0.05, 0.1) is 16.3 Å². The number of aromatic amines is 2. The van der Waals surface area contributed by atoms with E-state index >= 15 is 0 Å². The van der Waals surface area contributed by atoms with Gasteiger partial charge in [0, 0.05) is 42.7 Å². The molecule has 2 amide bonds. The second-order valence-electron chi connectivity index (χ2n) is 7.42. The molecule has 0 aliphatic carbocycles. The normalized spacial score (nSPS) is 11.3. The lowest BCUT2D eigenvalue weighted by Gasteiger charge is -2.12. The summed E-state index contributed by atoms with van der Waals surface area (Å²) in [5.41, 5.74) is 0.855. The lowest BCUT2D eigenvalue weighted by molar-refractivity contribution is -0.137. The molecule has 0 atom stereocenters. The van der Waals surface area contributed by atoms with Gasteiger partial charge in [0.1, 0.15) is 11.6 Å². The van der Waals surface area contributed by atoms with Crippen molar-refractivity contribution in [3.63, 3.8) is 0 Å². The Morgan fingerprint density at radius 3 is 2.51 bits per heavy atom. The number of rotatable bonds is 6. The van der Waals surface area contributed by atoms with E-state index in [4.69, 9.17) is 11.6 Å². The number of anilines is 2. The Morgan fingerprint density at radius 1 is 1.00 bits per heavy atom. The molecule has 0 radical (unpaired) electrons. The van der Waals surface area contributed by atoms with E-state index in [0.717, 1.165) is 23.4 Å². The van der Waals surface area contributed by atoms with Crippen molar-refractivity contribution >= 4 is 29.1 Å². The molecule has 4 aromatic rings. The van der Waals surface area contributed by atoms with Crippen LogP contribution in [0, 0.1) is 0 Å². The summed E-state index contributed by atoms with van der Waals surface area (Å²) < 4.78 is 38.9. The quantitative estimate of drug-likeness (QED) is 0.310. The number of benzene rings is 1. The molecule has 13 heteroatoms. The summed E-state index contributed by atoms with van der Waals surface area (Å²) in [6.45, 7) is 0. The summed E-state index contributed by atoms with van der Waals surface area (Å²) in [5, 5.41) is 9.55. The number of hydrogen-bond donors (Lipinski definition) is 4. The first-order chi connectivity index (χ1) is 16.7. The number of pyridine rings is 1. The highest BCUT2D eigenvalue weighted by Crippen LogP contribution is 2.36. The standard InChI is InChI=1S/C22H17ClF3N7O2/c23-17-3-2-13(9-16(17)22(24,25)26)30-21(35)31-18-4-1-12(11-28-18)7-19-27-6-5-14(29-19)8-15-10-20(34)33-32-15/h1-6,9-11H,7-8H2,(H2,32,33,34)(H2,28,30,31,35). The molecule has 3 heterocycles. The fraction of sp³-hybridized carbons (Fsp3) is 0.136. The van der Waals surface area contributed by atoms with Crippen molar-refractivity contribution in [2.24, 2.45) is 0 Å². The summed E-state index contributed by atoms with van der Waals surface area (Å²) in [7, 11) is 0. The molecule has 1 aromatic carbocycles. The number of aromatic nitrogens is 5. The van der Waals surface area contributed by atoms with Gasteiger partial charge < -0.3 is 10.4 Å². The van der Waals surface area contributed by atoms with E-state index in [1.165, 1.54) is 18.3 Å². The Hall–Kier alpha value is -4.19. The lowest BCUT2D eigenvalue weighted by Crippen LogP contribution is -2.20. The van der Waals surface area contributed by atoms with E-state index in [9.17, 15) is 22.8 Å². The number of hydrogen-bond acceptors (Lipinski definition) is 5. The summed E-state index contributed by atoms with van der Waals surface area (Å²) in [6, 6.07) is 8.77. The van der Waals surface area contributed by atoms with Crippen LogP contribution in [0.2, 0.25) is 5.02 Å². The highest BCUT2D eigenvalue weighted by Gasteiger charge is 2.33. The maximum Gasteiger partial charge on any atom is 0.417 e. The molecule has 0 aliphatic rings. The van der Waals surface area contributed by atoms with Gasteiger partial charge in [-0.15, -0.1) is 0 Å². The molecule has 3 aromatic heterocycles. The van der Waals surface area contributed by atoms with Crippen molar-refractivity contribution < 1.29 is 18.0 Å². The van der Waals surface area contributed by atoms with Crippen LogP contribution in [0.1, 0.15) is 28.3 Å². The molecule has 9 nitrogen and oxygen atoms in total. The first kappa shape index (κ1) is 24.0. The molecule has 0 spiro atoms.